The highest BCUT2D eigenvalue weighted by atomic mass is 19.4. The van der Waals surface area contributed by atoms with Crippen molar-refractivity contribution in [2.75, 3.05) is 26.2 Å². The zero-order valence-electron chi connectivity index (χ0n) is 26.2. The first-order valence-electron chi connectivity index (χ1n) is 15.6. The van der Waals surface area contributed by atoms with Crippen LogP contribution in [0.3, 0.4) is 0 Å². The summed E-state index contributed by atoms with van der Waals surface area (Å²) in [5, 5.41) is 11.3. The van der Waals surface area contributed by atoms with E-state index in [9.17, 15) is 45.8 Å². The molecule has 0 bridgehead atoms. The summed E-state index contributed by atoms with van der Waals surface area (Å²) in [4.78, 5) is 45.6. The lowest BCUT2D eigenvalue weighted by Crippen LogP contribution is -2.60. The van der Waals surface area contributed by atoms with Crippen molar-refractivity contribution in [3.8, 4) is 0 Å². The van der Waals surface area contributed by atoms with Crippen molar-refractivity contribution in [1.82, 2.24) is 19.3 Å². The van der Waals surface area contributed by atoms with Gasteiger partial charge in [-0.05, 0) is 36.2 Å². The highest BCUT2D eigenvalue weighted by Gasteiger charge is 2.44. The number of halogens is 6. The van der Waals surface area contributed by atoms with E-state index < -0.39 is 65.0 Å². The van der Waals surface area contributed by atoms with E-state index in [1.54, 1.807) is 60.3 Å². The van der Waals surface area contributed by atoms with Gasteiger partial charge in [0.1, 0.15) is 6.04 Å². The number of aliphatic hydroxyl groups excluding tert-OH is 1. The monoisotopic (exact) mass is 686 g/mol. The first-order valence-corrected chi connectivity index (χ1v) is 15.6. The molecule has 3 atom stereocenters. The van der Waals surface area contributed by atoms with Crippen LogP contribution in [0.1, 0.15) is 43.8 Å². The summed E-state index contributed by atoms with van der Waals surface area (Å²) in [5.74, 6) is -1.95. The Morgan fingerprint density at radius 2 is 1.43 bits per heavy atom. The van der Waals surface area contributed by atoms with Crippen LogP contribution >= 0.6 is 0 Å². The molecule has 3 aromatic carbocycles. The fourth-order valence-electron chi connectivity index (χ4n) is 6.78. The van der Waals surface area contributed by atoms with Crippen LogP contribution in [0.25, 0.3) is 10.9 Å². The number of rotatable bonds is 5. The van der Waals surface area contributed by atoms with E-state index >= 15 is 0 Å². The van der Waals surface area contributed by atoms with Gasteiger partial charge in [0.15, 0.2) is 0 Å². The highest BCUT2D eigenvalue weighted by Crippen LogP contribution is 2.37. The summed E-state index contributed by atoms with van der Waals surface area (Å²) >= 11 is 0. The molecule has 2 aliphatic rings. The highest BCUT2D eigenvalue weighted by molar-refractivity contribution is 6.08. The third kappa shape index (κ3) is 6.87. The van der Waals surface area contributed by atoms with E-state index in [0.717, 1.165) is 11.1 Å². The van der Waals surface area contributed by atoms with Crippen LogP contribution in [-0.4, -0.2) is 86.5 Å². The Labute approximate surface area is 277 Å². The molecule has 1 N–H and O–H groups in total. The van der Waals surface area contributed by atoms with Gasteiger partial charge in [0.05, 0.1) is 28.8 Å². The fraction of sp³-hybridized carbons (Fsp3) is 0.343. The molecule has 0 unspecified atom stereocenters. The second-order valence-corrected chi connectivity index (χ2v) is 12.5. The molecule has 2 saturated heterocycles. The Bertz CT molecular complexity index is 1860. The van der Waals surface area contributed by atoms with Gasteiger partial charge in [0, 0.05) is 62.3 Å². The average Bonchev–Trinajstić information content (AvgIpc) is 3.63. The number of para-hydroxylation sites is 1. The third-order valence-electron chi connectivity index (χ3n) is 9.16. The molecule has 2 aliphatic heterocycles. The second-order valence-electron chi connectivity index (χ2n) is 12.5. The molecule has 4 aromatic rings. The normalized spacial score (nSPS) is 20.2. The molecule has 3 heterocycles. The number of benzene rings is 3. The predicted octanol–water partition coefficient (Wildman–Crippen LogP) is 5.39. The molecule has 49 heavy (non-hydrogen) atoms. The second kappa shape index (κ2) is 12.9. The van der Waals surface area contributed by atoms with Crippen molar-refractivity contribution in [3.05, 3.63) is 107 Å². The molecule has 0 aliphatic carbocycles. The molecule has 0 spiro atoms. The molecule has 6 rings (SSSR count). The summed E-state index contributed by atoms with van der Waals surface area (Å²) < 4.78 is 83.5. The summed E-state index contributed by atoms with van der Waals surface area (Å²) in [7, 11) is 1.79. The maximum Gasteiger partial charge on any atom is 0.416 e. The van der Waals surface area contributed by atoms with Crippen LogP contribution in [0.5, 0.6) is 0 Å². The maximum absolute atomic E-state index is 14.1. The maximum atomic E-state index is 14.1. The minimum atomic E-state index is -5.13. The number of amides is 3. The topological polar surface area (TPSA) is 86.1 Å². The number of β-amino-alcohol motifs (C(OH)–C–C–N with tert-alkyl or cyclic N) is 1. The summed E-state index contributed by atoms with van der Waals surface area (Å²) in [6.45, 7) is -0.467. The quantitative estimate of drug-likeness (QED) is 0.286. The number of hydrogen-bond donors (Lipinski definition) is 1. The Balaban J connectivity index is 1.29. The van der Waals surface area contributed by atoms with Crippen molar-refractivity contribution >= 4 is 28.6 Å². The standard InChI is InChI=1S/C35H32F6N4O4/c1-42-20-28(27-9-5-6-10-29(27)42)32(48)45-19-26(46)17-30(45)33(49)43-11-12-44(25(18-43)13-21-7-3-2-4-8-21)31(47)22-14-23(34(36,37)38)16-24(15-22)35(39,40)41/h2-10,14-16,20,25-26,30,46H,11-13,17-19H2,1H3/t25-,26-,30+/m1/s1. The van der Waals surface area contributed by atoms with Crippen molar-refractivity contribution in [1.29, 1.82) is 0 Å². The lowest BCUT2D eigenvalue weighted by molar-refractivity contribution is -0.143. The van der Waals surface area contributed by atoms with E-state index in [1.165, 1.54) is 14.7 Å². The molecule has 0 saturated carbocycles. The molecule has 2 fully saturated rings. The van der Waals surface area contributed by atoms with Crippen LogP contribution in [0.2, 0.25) is 0 Å². The van der Waals surface area contributed by atoms with Crippen LogP contribution in [0, 0.1) is 0 Å². The molecule has 0 radical (unpaired) electrons. The zero-order valence-corrected chi connectivity index (χ0v) is 26.2. The van der Waals surface area contributed by atoms with Crippen molar-refractivity contribution < 1.29 is 45.8 Å². The Hall–Kier alpha value is -4.85. The SMILES string of the molecule is Cn1cc(C(=O)N2C[C@H](O)C[C@H]2C(=O)N2CCN(C(=O)c3cc(C(F)(F)F)cc(C(F)(F)F)c3)[C@H](Cc3ccccc3)C2)c2ccccc21. The molecule has 3 amide bonds. The van der Waals surface area contributed by atoms with Crippen LogP contribution in [0.4, 0.5) is 26.3 Å². The third-order valence-corrected chi connectivity index (χ3v) is 9.16. The van der Waals surface area contributed by atoms with Gasteiger partial charge in [0.2, 0.25) is 5.91 Å². The number of fused-ring (bicyclic) bond motifs is 1. The van der Waals surface area contributed by atoms with E-state index in [1.807, 2.05) is 12.1 Å². The molecular weight excluding hydrogens is 654 g/mol. The van der Waals surface area contributed by atoms with E-state index in [-0.39, 0.29) is 45.1 Å². The lowest BCUT2D eigenvalue weighted by Gasteiger charge is -2.43. The number of hydrogen-bond acceptors (Lipinski definition) is 4. The summed E-state index contributed by atoms with van der Waals surface area (Å²) in [6.07, 6.45) is -9.45. The first kappa shape index (κ1) is 34.0. The van der Waals surface area contributed by atoms with Crippen LogP contribution < -0.4 is 0 Å². The number of nitrogens with zero attached hydrogens (tertiary/aromatic N) is 4. The molecule has 258 valence electrons. The van der Waals surface area contributed by atoms with Gasteiger partial charge in [0.25, 0.3) is 11.8 Å². The minimum Gasteiger partial charge on any atom is -0.391 e. The minimum absolute atomic E-state index is 0.0255. The smallest absolute Gasteiger partial charge is 0.391 e. The lowest BCUT2D eigenvalue weighted by atomic mass is 9.98. The van der Waals surface area contributed by atoms with Crippen molar-refractivity contribution in [2.45, 2.75) is 43.4 Å². The predicted molar refractivity (Wildman–Crippen MR) is 166 cm³/mol. The largest absolute Gasteiger partial charge is 0.416 e. The summed E-state index contributed by atoms with van der Waals surface area (Å²) in [5.41, 5.74) is -2.08. The molecule has 8 nitrogen and oxygen atoms in total. The fourth-order valence-corrected chi connectivity index (χ4v) is 6.78. The Morgan fingerprint density at radius 1 is 0.796 bits per heavy atom. The summed E-state index contributed by atoms with van der Waals surface area (Å²) in [6, 6.07) is 15.0. The van der Waals surface area contributed by atoms with E-state index in [0.29, 0.717) is 23.1 Å². The molecule has 1 aromatic heterocycles. The van der Waals surface area contributed by atoms with Crippen molar-refractivity contribution in [2.24, 2.45) is 7.05 Å². The molecular formula is C35H32F6N4O4. The van der Waals surface area contributed by atoms with Gasteiger partial charge in [-0.25, -0.2) is 0 Å². The van der Waals surface area contributed by atoms with Gasteiger partial charge >= 0.3 is 12.4 Å². The van der Waals surface area contributed by atoms with Gasteiger partial charge in [-0.15, -0.1) is 0 Å². The Morgan fingerprint density at radius 3 is 2.08 bits per heavy atom. The zero-order chi connectivity index (χ0) is 35.2. The number of aryl methyl sites for hydroxylation is 1. The van der Waals surface area contributed by atoms with Crippen LogP contribution in [0.15, 0.2) is 79.0 Å². The Kier molecular flexibility index (Phi) is 8.94. The van der Waals surface area contributed by atoms with Gasteiger partial charge in [-0.1, -0.05) is 48.5 Å². The first-order chi connectivity index (χ1) is 23.1. The van der Waals surface area contributed by atoms with Gasteiger partial charge in [-0.3, -0.25) is 14.4 Å². The number of piperazine rings is 1. The average molecular weight is 687 g/mol. The number of aromatic nitrogens is 1. The molecule has 14 heteroatoms. The number of carbonyl (C=O) groups excluding carboxylic acids is 3. The van der Waals surface area contributed by atoms with E-state index in [2.05, 4.69) is 0 Å². The van der Waals surface area contributed by atoms with Gasteiger partial charge < -0.3 is 24.4 Å². The number of aliphatic hydroxyl groups is 1. The number of carbonyl (C=O) groups is 3. The van der Waals surface area contributed by atoms with Crippen molar-refractivity contribution in [3.63, 3.8) is 0 Å². The van der Waals surface area contributed by atoms with Crippen LogP contribution in [-0.2, 0) is 30.6 Å². The van der Waals surface area contributed by atoms with E-state index in [4.69, 9.17) is 0 Å². The number of likely N-dealkylation sites (tertiary alicyclic amines) is 1. The van der Waals surface area contributed by atoms with Gasteiger partial charge in [-0.2, -0.15) is 26.3 Å². The number of alkyl halides is 6.